The van der Waals surface area contributed by atoms with Gasteiger partial charge >= 0.3 is 6.03 Å². The average molecular weight is 410 g/mol. The molecule has 0 aromatic heterocycles. The number of benzene rings is 1. The Balaban J connectivity index is 1.36. The quantitative estimate of drug-likeness (QED) is 0.556. The van der Waals surface area contributed by atoms with Crippen LogP contribution in [0, 0.1) is 5.92 Å². The van der Waals surface area contributed by atoms with Gasteiger partial charge in [-0.2, -0.15) is 0 Å². The molecule has 3 amide bonds. The summed E-state index contributed by atoms with van der Waals surface area (Å²) in [5.74, 6) is 0.206. The Morgan fingerprint density at radius 3 is 2.54 bits per heavy atom. The minimum absolute atomic E-state index is 0.0511. The topological polar surface area (TPSA) is 99.7 Å². The number of anilines is 1. The van der Waals surface area contributed by atoms with Crippen molar-refractivity contribution in [2.24, 2.45) is 5.92 Å². The van der Waals surface area contributed by atoms with Crippen molar-refractivity contribution >= 4 is 29.2 Å². The van der Waals surface area contributed by atoms with Crippen LogP contribution in [0.4, 0.5) is 10.5 Å². The largest absolute Gasteiger partial charge is 0.394 e. The highest BCUT2D eigenvalue weighted by Gasteiger charge is 2.34. The monoisotopic (exact) mass is 409 g/mol. The molecule has 0 unspecified atom stereocenters. The lowest BCUT2D eigenvalue weighted by Crippen LogP contribution is -2.53. The molecule has 1 heterocycles. The van der Waals surface area contributed by atoms with Crippen LogP contribution in [0.5, 0.6) is 0 Å². The standard InChI is InChI=1S/C20H28ClN3O4/c21-14-4-6-15(7-5-14)23-20(27)22-11-10-16-8-9-17(18(12-25)28-16)24-19(26)13-2-1-3-13/h4-7,13,16-18,25H,1-3,8-12H2,(H,24,26)(H2,22,23,27)/t16-,17+,18+/m1/s1. The molecule has 4 N–H and O–H groups in total. The number of halogens is 1. The number of nitrogens with one attached hydrogen (secondary N) is 3. The third-order valence-corrected chi connectivity index (χ3v) is 5.71. The molecule has 7 nitrogen and oxygen atoms in total. The molecule has 2 fully saturated rings. The third-order valence-electron chi connectivity index (χ3n) is 5.45. The van der Waals surface area contributed by atoms with Crippen LogP contribution < -0.4 is 16.0 Å². The number of ether oxygens (including phenoxy) is 1. The summed E-state index contributed by atoms with van der Waals surface area (Å²) in [6, 6.07) is 6.45. The lowest BCUT2D eigenvalue weighted by atomic mass is 9.84. The SMILES string of the molecule is O=C(NCC[C@H]1CC[C@H](NC(=O)C2CCC2)[C@H](CO)O1)Nc1ccc(Cl)cc1. The normalized spacial score (nSPS) is 24.9. The van der Waals surface area contributed by atoms with Crippen LogP contribution in [0.15, 0.2) is 24.3 Å². The smallest absolute Gasteiger partial charge is 0.319 e. The molecule has 0 radical (unpaired) electrons. The lowest BCUT2D eigenvalue weighted by Gasteiger charge is -2.37. The van der Waals surface area contributed by atoms with Gasteiger partial charge in [-0.25, -0.2) is 4.79 Å². The van der Waals surface area contributed by atoms with Crippen molar-refractivity contribution in [3.05, 3.63) is 29.3 Å². The molecule has 2 aliphatic rings. The minimum Gasteiger partial charge on any atom is -0.394 e. The molecule has 1 aliphatic heterocycles. The average Bonchev–Trinajstić information content (AvgIpc) is 2.63. The molecule has 154 valence electrons. The van der Waals surface area contributed by atoms with Crippen LogP contribution in [-0.2, 0) is 9.53 Å². The summed E-state index contributed by atoms with van der Waals surface area (Å²) < 4.78 is 5.94. The Kier molecular flexibility index (Phi) is 7.53. The second-order valence-electron chi connectivity index (χ2n) is 7.48. The lowest BCUT2D eigenvalue weighted by molar-refractivity contribution is -0.134. The van der Waals surface area contributed by atoms with Crippen LogP contribution in [0.3, 0.4) is 0 Å². The van der Waals surface area contributed by atoms with E-state index in [2.05, 4.69) is 16.0 Å². The van der Waals surface area contributed by atoms with Crippen LogP contribution >= 0.6 is 11.6 Å². The predicted octanol–water partition coefficient (Wildman–Crippen LogP) is 2.68. The van der Waals surface area contributed by atoms with E-state index >= 15 is 0 Å². The van der Waals surface area contributed by atoms with Gasteiger partial charge in [-0.3, -0.25) is 4.79 Å². The molecular formula is C20H28ClN3O4. The van der Waals surface area contributed by atoms with Crippen LogP contribution in [0.25, 0.3) is 0 Å². The summed E-state index contributed by atoms with van der Waals surface area (Å²) in [5, 5.41) is 18.8. The van der Waals surface area contributed by atoms with Gasteiger partial charge in [0.05, 0.1) is 18.8 Å². The van der Waals surface area contributed by atoms with Gasteiger partial charge in [-0.05, 0) is 56.4 Å². The highest BCUT2D eigenvalue weighted by Crippen LogP contribution is 2.28. The molecule has 1 saturated heterocycles. The molecule has 3 rings (SSSR count). The third kappa shape index (κ3) is 5.83. The van der Waals surface area contributed by atoms with E-state index < -0.39 is 6.10 Å². The first kappa shape index (κ1) is 20.9. The molecule has 1 aromatic carbocycles. The zero-order valence-corrected chi connectivity index (χ0v) is 16.6. The molecule has 3 atom stereocenters. The number of carbonyl (C=O) groups excluding carboxylic acids is 2. The number of rotatable bonds is 7. The van der Waals surface area contributed by atoms with Crippen LogP contribution in [0.2, 0.25) is 5.02 Å². The van der Waals surface area contributed by atoms with Gasteiger partial charge in [0.15, 0.2) is 0 Å². The van der Waals surface area contributed by atoms with Gasteiger partial charge in [0.1, 0.15) is 6.10 Å². The Morgan fingerprint density at radius 1 is 1.14 bits per heavy atom. The summed E-state index contributed by atoms with van der Waals surface area (Å²) in [6.07, 6.45) is 4.77. The van der Waals surface area contributed by atoms with Gasteiger partial charge in [0.2, 0.25) is 5.91 Å². The van der Waals surface area contributed by atoms with E-state index in [1.54, 1.807) is 24.3 Å². The van der Waals surface area contributed by atoms with Crippen molar-refractivity contribution in [3.63, 3.8) is 0 Å². The van der Waals surface area contributed by atoms with Crippen molar-refractivity contribution < 1.29 is 19.4 Å². The van der Waals surface area contributed by atoms with Gasteiger partial charge < -0.3 is 25.8 Å². The summed E-state index contributed by atoms with van der Waals surface area (Å²) in [5.41, 5.74) is 0.668. The zero-order chi connectivity index (χ0) is 19.9. The number of hydrogen-bond acceptors (Lipinski definition) is 4. The number of carbonyl (C=O) groups is 2. The second-order valence-corrected chi connectivity index (χ2v) is 7.91. The van der Waals surface area contributed by atoms with Crippen molar-refractivity contribution in [1.82, 2.24) is 10.6 Å². The summed E-state index contributed by atoms with van der Waals surface area (Å²) in [7, 11) is 0. The minimum atomic E-state index is -0.398. The van der Waals surface area contributed by atoms with E-state index in [0.717, 1.165) is 32.1 Å². The van der Waals surface area contributed by atoms with E-state index in [4.69, 9.17) is 16.3 Å². The van der Waals surface area contributed by atoms with E-state index in [1.807, 2.05) is 0 Å². The number of hydrogen-bond donors (Lipinski definition) is 4. The van der Waals surface area contributed by atoms with E-state index in [-0.39, 0.29) is 36.6 Å². The first-order valence-corrected chi connectivity index (χ1v) is 10.3. The van der Waals surface area contributed by atoms with E-state index in [1.165, 1.54) is 0 Å². The Hall–Kier alpha value is -1.83. The number of aliphatic hydroxyl groups is 1. The van der Waals surface area contributed by atoms with Crippen molar-refractivity contribution in [1.29, 1.82) is 0 Å². The Bertz CT molecular complexity index is 666. The molecule has 1 aliphatic carbocycles. The van der Waals surface area contributed by atoms with Gasteiger partial charge in [0, 0.05) is 23.2 Å². The van der Waals surface area contributed by atoms with Crippen LogP contribution in [-0.4, -0.2) is 48.4 Å². The van der Waals surface area contributed by atoms with Crippen molar-refractivity contribution in [2.75, 3.05) is 18.5 Å². The first-order chi connectivity index (χ1) is 13.5. The highest BCUT2D eigenvalue weighted by molar-refractivity contribution is 6.30. The number of aliphatic hydroxyl groups excluding tert-OH is 1. The second kappa shape index (κ2) is 10.1. The predicted molar refractivity (Wildman–Crippen MR) is 107 cm³/mol. The molecule has 8 heteroatoms. The van der Waals surface area contributed by atoms with Gasteiger partial charge in [-0.15, -0.1) is 0 Å². The van der Waals surface area contributed by atoms with E-state index in [9.17, 15) is 14.7 Å². The molecule has 28 heavy (non-hydrogen) atoms. The maximum atomic E-state index is 12.1. The van der Waals surface area contributed by atoms with Crippen molar-refractivity contribution in [3.8, 4) is 0 Å². The van der Waals surface area contributed by atoms with E-state index in [0.29, 0.717) is 23.7 Å². The highest BCUT2D eigenvalue weighted by atomic mass is 35.5. The molecule has 0 bridgehead atoms. The fraction of sp³-hybridized carbons (Fsp3) is 0.600. The zero-order valence-electron chi connectivity index (χ0n) is 15.8. The maximum Gasteiger partial charge on any atom is 0.319 e. The molecule has 0 spiro atoms. The van der Waals surface area contributed by atoms with Crippen LogP contribution in [0.1, 0.15) is 38.5 Å². The molecular weight excluding hydrogens is 382 g/mol. The summed E-state index contributed by atoms with van der Waals surface area (Å²) in [6.45, 7) is 0.331. The number of amides is 3. The molecule has 1 aromatic rings. The number of urea groups is 1. The Morgan fingerprint density at radius 2 is 1.89 bits per heavy atom. The van der Waals surface area contributed by atoms with Gasteiger partial charge in [0.25, 0.3) is 0 Å². The first-order valence-electron chi connectivity index (χ1n) is 9.92. The Labute approximate surface area is 170 Å². The van der Waals surface area contributed by atoms with Crippen molar-refractivity contribution in [2.45, 2.75) is 56.8 Å². The summed E-state index contributed by atoms with van der Waals surface area (Å²) in [4.78, 5) is 24.1. The summed E-state index contributed by atoms with van der Waals surface area (Å²) >= 11 is 5.82. The van der Waals surface area contributed by atoms with Gasteiger partial charge in [-0.1, -0.05) is 18.0 Å². The fourth-order valence-corrected chi connectivity index (χ4v) is 3.66. The maximum absolute atomic E-state index is 12.1. The fourth-order valence-electron chi connectivity index (χ4n) is 3.54. The molecule has 1 saturated carbocycles.